The number of benzene rings is 1. The number of hydrogen-bond acceptors (Lipinski definition) is 5. The standard InChI is InChI=1S/C24H33N5O2/c1-17-9-11-19(12-10-17)14-23(31)29-13-7-6-8-21(29)24-25-20(16-28(5)18(2)30)15-22(26-24)27(3)4/h9-12,15,21H,6-8,13-14,16H2,1-5H3/t21-/m1/s1. The summed E-state index contributed by atoms with van der Waals surface area (Å²) in [6, 6.07) is 9.88. The molecule has 2 aromatic rings. The molecule has 3 rings (SSSR count). The molecule has 0 unspecified atom stereocenters. The number of carbonyl (C=O) groups is 2. The molecule has 2 amide bonds. The molecule has 1 aromatic carbocycles. The summed E-state index contributed by atoms with van der Waals surface area (Å²) in [6.07, 6.45) is 3.25. The van der Waals surface area contributed by atoms with E-state index in [9.17, 15) is 9.59 Å². The molecule has 0 spiro atoms. The highest BCUT2D eigenvalue weighted by molar-refractivity contribution is 5.79. The first-order chi connectivity index (χ1) is 14.7. The first-order valence-corrected chi connectivity index (χ1v) is 10.9. The second-order valence-electron chi connectivity index (χ2n) is 8.61. The molecule has 7 nitrogen and oxygen atoms in total. The molecule has 1 aliphatic heterocycles. The maximum Gasteiger partial charge on any atom is 0.227 e. The van der Waals surface area contributed by atoms with Crippen LogP contribution in [-0.2, 0) is 22.6 Å². The van der Waals surface area contributed by atoms with E-state index in [-0.39, 0.29) is 17.9 Å². The SMILES string of the molecule is CC(=O)N(C)Cc1cc(N(C)C)nc([C@H]2CCCCN2C(=O)Cc2ccc(C)cc2)n1. The number of carbonyl (C=O) groups excluding carboxylic acids is 2. The highest BCUT2D eigenvalue weighted by Gasteiger charge is 2.30. The quantitative estimate of drug-likeness (QED) is 0.714. The Morgan fingerprint density at radius 1 is 1.10 bits per heavy atom. The van der Waals surface area contributed by atoms with Gasteiger partial charge >= 0.3 is 0 Å². The van der Waals surface area contributed by atoms with Crippen LogP contribution in [0.4, 0.5) is 5.82 Å². The fourth-order valence-electron chi connectivity index (χ4n) is 3.80. The molecule has 0 bridgehead atoms. The Morgan fingerprint density at radius 2 is 1.81 bits per heavy atom. The van der Waals surface area contributed by atoms with Gasteiger partial charge in [0.05, 0.1) is 24.7 Å². The van der Waals surface area contributed by atoms with E-state index in [0.717, 1.165) is 36.3 Å². The fraction of sp³-hybridized carbons (Fsp3) is 0.500. The van der Waals surface area contributed by atoms with E-state index in [1.54, 1.807) is 18.9 Å². The minimum Gasteiger partial charge on any atom is -0.363 e. The van der Waals surface area contributed by atoms with E-state index in [0.29, 0.717) is 25.3 Å². The van der Waals surface area contributed by atoms with Gasteiger partial charge in [0.15, 0.2) is 5.82 Å². The normalized spacial score (nSPS) is 16.2. The van der Waals surface area contributed by atoms with Crippen molar-refractivity contribution in [2.24, 2.45) is 0 Å². The number of aryl methyl sites for hydroxylation is 1. The summed E-state index contributed by atoms with van der Waals surface area (Å²) in [7, 11) is 5.63. The number of anilines is 1. The van der Waals surface area contributed by atoms with Gasteiger partial charge in [0, 0.05) is 40.7 Å². The summed E-state index contributed by atoms with van der Waals surface area (Å²) in [5.74, 6) is 1.54. The van der Waals surface area contributed by atoms with Crippen LogP contribution in [0.1, 0.15) is 54.9 Å². The third kappa shape index (κ3) is 5.81. The van der Waals surface area contributed by atoms with Gasteiger partial charge in [-0.1, -0.05) is 29.8 Å². The van der Waals surface area contributed by atoms with Crippen LogP contribution in [0.5, 0.6) is 0 Å². The first-order valence-electron chi connectivity index (χ1n) is 10.9. The van der Waals surface area contributed by atoms with Gasteiger partial charge in [-0.15, -0.1) is 0 Å². The smallest absolute Gasteiger partial charge is 0.227 e. The van der Waals surface area contributed by atoms with Crippen LogP contribution in [0.2, 0.25) is 0 Å². The molecule has 31 heavy (non-hydrogen) atoms. The zero-order chi connectivity index (χ0) is 22.5. The molecule has 0 aliphatic carbocycles. The number of amides is 2. The lowest BCUT2D eigenvalue weighted by Gasteiger charge is -2.35. The van der Waals surface area contributed by atoms with Crippen LogP contribution in [-0.4, -0.2) is 59.3 Å². The number of hydrogen-bond donors (Lipinski definition) is 0. The summed E-state index contributed by atoms with van der Waals surface area (Å²) in [5.41, 5.74) is 2.98. The fourth-order valence-corrected chi connectivity index (χ4v) is 3.80. The van der Waals surface area contributed by atoms with Gasteiger partial charge in [-0.2, -0.15) is 0 Å². The summed E-state index contributed by atoms with van der Waals surface area (Å²) in [5, 5.41) is 0. The lowest BCUT2D eigenvalue weighted by molar-refractivity contribution is -0.134. The van der Waals surface area contributed by atoms with Crippen LogP contribution in [0.25, 0.3) is 0 Å². The number of nitrogens with zero attached hydrogens (tertiary/aromatic N) is 5. The number of likely N-dealkylation sites (tertiary alicyclic amines) is 1. The van der Waals surface area contributed by atoms with E-state index < -0.39 is 0 Å². The molecule has 1 atom stereocenters. The van der Waals surface area contributed by atoms with Crippen LogP contribution in [0.3, 0.4) is 0 Å². The lowest BCUT2D eigenvalue weighted by atomic mass is 9.99. The van der Waals surface area contributed by atoms with Gasteiger partial charge in [0.1, 0.15) is 5.82 Å². The minimum atomic E-state index is -0.145. The molecule has 1 saturated heterocycles. The molecule has 2 heterocycles. The maximum absolute atomic E-state index is 13.2. The zero-order valence-corrected chi connectivity index (χ0v) is 19.3. The van der Waals surface area contributed by atoms with Crippen molar-refractivity contribution in [2.75, 3.05) is 32.6 Å². The van der Waals surface area contributed by atoms with Gasteiger partial charge in [-0.05, 0) is 31.7 Å². The van der Waals surface area contributed by atoms with Gasteiger partial charge in [-0.3, -0.25) is 9.59 Å². The Kier molecular flexibility index (Phi) is 7.25. The summed E-state index contributed by atoms with van der Waals surface area (Å²) in [4.78, 5) is 40.0. The van der Waals surface area contributed by atoms with E-state index in [1.807, 2.05) is 61.2 Å². The van der Waals surface area contributed by atoms with Gasteiger partial charge < -0.3 is 14.7 Å². The predicted molar refractivity (Wildman–Crippen MR) is 122 cm³/mol. The molecular weight excluding hydrogens is 390 g/mol. The predicted octanol–water partition coefficient (Wildman–Crippen LogP) is 3.13. The topological polar surface area (TPSA) is 69.6 Å². The van der Waals surface area contributed by atoms with Crippen molar-refractivity contribution in [1.29, 1.82) is 0 Å². The van der Waals surface area contributed by atoms with E-state index >= 15 is 0 Å². The molecule has 7 heteroatoms. The average Bonchev–Trinajstić information content (AvgIpc) is 2.75. The molecule has 1 aromatic heterocycles. The molecule has 166 valence electrons. The zero-order valence-electron chi connectivity index (χ0n) is 19.3. The summed E-state index contributed by atoms with van der Waals surface area (Å²) >= 11 is 0. The van der Waals surface area contributed by atoms with Gasteiger partial charge in [-0.25, -0.2) is 9.97 Å². The van der Waals surface area contributed by atoms with E-state index in [1.165, 1.54) is 5.56 Å². The van der Waals surface area contributed by atoms with Crippen molar-refractivity contribution in [2.45, 2.75) is 52.1 Å². The van der Waals surface area contributed by atoms with Crippen LogP contribution in [0, 0.1) is 6.92 Å². The Labute approximate surface area is 185 Å². The van der Waals surface area contributed by atoms with Crippen molar-refractivity contribution in [3.63, 3.8) is 0 Å². The lowest BCUT2D eigenvalue weighted by Crippen LogP contribution is -2.40. The maximum atomic E-state index is 13.2. The van der Waals surface area contributed by atoms with E-state index in [4.69, 9.17) is 9.97 Å². The monoisotopic (exact) mass is 423 g/mol. The van der Waals surface area contributed by atoms with Crippen molar-refractivity contribution >= 4 is 17.6 Å². The third-order valence-corrected chi connectivity index (χ3v) is 5.78. The summed E-state index contributed by atoms with van der Waals surface area (Å²) in [6.45, 7) is 4.72. The van der Waals surface area contributed by atoms with Crippen LogP contribution >= 0.6 is 0 Å². The van der Waals surface area contributed by atoms with Crippen molar-refractivity contribution in [3.05, 3.63) is 53.0 Å². The molecule has 0 radical (unpaired) electrons. The largest absolute Gasteiger partial charge is 0.363 e. The average molecular weight is 424 g/mol. The van der Waals surface area contributed by atoms with Gasteiger partial charge in [0.2, 0.25) is 11.8 Å². The second kappa shape index (κ2) is 9.90. The Balaban J connectivity index is 1.88. The Hall–Kier alpha value is -2.96. The number of rotatable bonds is 6. The Bertz CT molecular complexity index is 926. The molecular formula is C24H33N5O2. The highest BCUT2D eigenvalue weighted by atomic mass is 16.2. The van der Waals surface area contributed by atoms with Crippen LogP contribution < -0.4 is 4.90 Å². The number of aromatic nitrogens is 2. The Morgan fingerprint density at radius 3 is 2.45 bits per heavy atom. The minimum absolute atomic E-state index is 0.0147. The van der Waals surface area contributed by atoms with Crippen molar-refractivity contribution in [3.8, 4) is 0 Å². The molecule has 1 fully saturated rings. The molecule has 0 saturated carbocycles. The third-order valence-electron chi connectivity index (χ3n) is 5.78. The van der Waals surface area contributed by atoms with Crippen molar-refractivity contribution in [1.82, 2.24) is 19.8 Å². The van der Waals surface area contributed by atoms with E-state index in [2.05, 4.69) is 0 Å². The van der Waals surface area contributed by atoms with Crippen LogP contribution in [0.15, 0.2) is 30.3 Å². The molecule has 1 aliphatic rings. The highest BCUT2D eigenvalue weighted by Crippen LogP contribution is 2.31. The molecule has 0 N–H and O–H groups in total. The van der Waals surface area contributed by atoms with Gasteiger partial charge in [0.25, 0.3) is 0 Å². The first kappa shape index (κ1) is 22.7. The number of piperidine rings is 1. The second-order valence-corrected chi connectivity index (χ2v) is 8.61. The summed E-state index contributed by atoms with van der Waals surface area (Å²) < 4.78 is 0. The van der Waals surface area contributed by atoms with Crippen molar-refractivity contribution < 1.29 is 9.59 Å².